The summed E-state index contributed by atoms with van der Waals surface area (Å²) >= 11 is 0. The summed E-state index contributed by atoms with van der Waals surface area (Å²) in [6, 6.07) is 6.67. The van der Waals surface area contributed by atoms with Crippen molar-refractivity contribution in [3.63, 3.8) is 0 Å². The third kappa shape index (κ3) is 1.58. The van der Waals surface area contributed by atoms with Crippen molar-refractivity contribution in [1.82, 2.24) is 4.98 Å². The number of aryl methyl sites for hydroxylation is 1. The summed E-state index contributed by atoms with van der Waals surface area (Å²) in [5.74, 6) is 0. The Morgan fingerprint density at radius 1 is 1.06 bits per heavy atom. The van der Waals surface area contributed by atoms with Crippen molar-refractivity contribution in [3.05, 3.63) is 52.8 Å². The second kappa shape index (κ2) is 3.68. The molecule has 0 saturated heterocycles. The van der Waals surface area contributed by atoms with Gasteiger partial charge in [0.2, 0.25) is 0 Å². The number of hydrogen-bond donors (Lipinski definition) is 0. The van der Waals surface area contributed by atoms with E-state index in [1.807, 2.05) is 12.4 Å². The summed E-state index contributed by atoms with van der Waals surface area (Å²) in [5, 5.41) is 0. The van der Waals surface area contributed by atoms with Crippen LogP contribution >= 0.6 is 0 Å². The Hall–Kier alpha value is -1.63. The number of nitrogens with zero attached hydrogens (tertiary/aromatic N) is 1. The highest BCUT2D eigenvalue weighted by Gasteiger charge is 2.27. The average molecular weight is 237 g/mol. The molecule has 2 aromatic rings. The van der Waals surface area contributed by atoms with Crippen molar-refractivity contribution in [3.8, 4) is 11.1 Å². The van der Waals surface area contributed by atoms with Crippen molar-refractivity contribution in [2.45, 2.75) is 39.5 Å². The zero-order chi connectivity index (χ0) is 12.9. The SMILES string of the molecule is Cc1ccc2c(c1C(C)(C)C)Cc1cnccc1-2. The first-order valence-corrected chi connectivity index (χ1v) is 6.54. The monoisotopic (exact) mass is 237 g/mol. The Kier molecular flexibility index (Phi) is 2.34. The van der Waals surface area contributed by atoms with E-state index in [9.17, 15) is 0 Å². The van der Waals surface area contributed by atoms with E-state index >= 15 is 0 Å². The van der Waals surface area contributed by atoms with E-state index in [0.29, 0.717) is 0 Å². The highest BCUT2D eigenvalue weighted by Crippen LogP contribution is 2.42. The fourth-order valence-corrected chi connectivity index (χ4v) is 3.27. The summed E-state index contributed by atoms with van der Waals surface area (Å²) in [6.45, 7) is 9.13. The molecular weight excluding hydrogens is 218 g/mol. The van der Waals surface area contributed by atoms with Gasteiger partial charge in [-0.3, -0.25) is 4.98 Å². The summed E-state index contributed by atoms with van der Waals surface area (Å²) in [6.07, 6.45) is 4.94. The maximum Gasteiger partial charge on any atom is 0.0309 e. The van der Waals surface area contributed by atoms with Crippen LogP contribution in [0.25, 0.3) is 11.1 Å². The Labute approximate surface area is 109 Å². The van der Waals surface area contributed by atoms with Gasteiger partial charge in [0.05, 0.1) is 0 Å². The molecule has 0 unspecified atom stereocenters. The normalized spacial score (nSPS) is 13.3. The average Bonchev–Trinajstić information content (AvgIpc) is 2.64. The summed E-state index contributed by atoms with van der Waals surface area (Å²) in [5.41, 5.74) is 8.76. The Morgan fingerprint density at radius 2 is 1.83 bits per heavy atom. The van der Waals surface area contributed by atoms with Crippen LogP contribution in [0.5, 0.6) is 0 Å². The quantitative estimate of drug-likeness (QED) is 0.569. The highest BCUT2D eigenvalue weighted by atomic mass is 14.6. The molecule has 0 amide bonds. The van der Waals surface area contributed by atoms with E-state index < -0.39 is 0 Å². The number of pyridine rings is 1. The van der Waals surface area contributed by atoms with E-state index in [0.717, 1.165) is 6.42 Å². The van der Waals surface area contributed by atoms with Gasteiger partial charge in [-0.1, -0.05) is 32.9 Å². The third-order valence-corrected chi connectivity index (χ3v) is 3.83. The van der Waals surface area contributed by atoms with Gasteiger partial charge in [0.25, 0.3) is 0 Å². The van der Waals surface area contributed by atoms with Gasteiger partial charge in [-0.2, -0.15) is 0 Å². The maximum absolute atomic E-state index is 4.25. The number of aromatic nitrogens is 1. The largest absolute Gasteiger partial charge is 0.264 e. The van der Waals surface area contributed by atoms with Gasteiger partial charge < -0.3 is 0 Å². The minimum atomic E-state index is 0.199. The van der Waals surface area contributed by atoms with Crippen molar-refractivity contribution in [1.29, 1.82) is 0 Å². The Morgan fingerprint density at radius 3 is 2.56 bits per heavy atom. The van der Waals surface area contributed by atoms with E-state index in [-0.39, 0.29) is 5.41 Å². The molecule has 1 aromatic carbocycles. The molecule has 0 N–H and O–H groups in total. The summed E-state index contributed by atoms with van der Waals surface area (Å²) < 4.78 is 0. The lowest BCUT2D eigenvalue weighted by Crippen LogP contribution is -2.16. The van der Waals surface area contributed by atoms with Crippen LogP contribution in [0.3, 0.4) is 0 Å². The molecule has 1 heteroatoms. The van der Waals surface area contributed by atoms with Crippen LogP contribution in [0.1, 0.15) is 43.0 Å². The number of fused-ring (bicyclic) bond motifs is 3. The minimum Gasteiger partial charge on any atom is -0.264 e. The maximum atomic E-state index is 4.25. The molecule has 1 aliphatic carbocycles. The predicted octanol–water partition coefficient (Wildman–Crippen LogP) is 4.26. The standard InChI is InChI=1S/C17H19N/c1-11-5-6-14-13-7-8-18-10-12(13)9-15(14)16(11)17(2,3)4/h5-8,10H,9H2,1-4H3. The second-order valence-corrected chi connectivity index (χ2v) is 6.24. The van der Waals surface area contributed by atoms with Gasteiger partial charge in [-0.15, -0.1) is 0 Å². The summed E-state index contributed by atoms with van der Waals surface area (Å²) in [4.78, 5) is 4.25. The van der Waals surface area contributed by atoms with Crippen molar-refractivity contribution < 1.29 is 0 Å². The van der Waals surface area contributed by atoms with Gasteiger partial charge >= 0.3 is 0 Å². The topological polar surface area (TPSA) is 12.9 Å². The molecule has 1 heterocycles. The number of benzene rings is 1. The lowest BCUT2D eigenvalue weighted by atomic mass is 9.79. The number of hydrogen-bond acceptors (Lipinski definition) is 1. The Bertz CT molecular complexity index is 618. The second-order valence-electron chi connectivity index (χ2n) is 6.24. The molecule has 3 rings (SSSR count). The van der Waals surface area contributed by atoms with Gasteiger partial charge in [0.1, 0.15) is 0 Å². The van der Waals surface area contributed by atoms with Crippen LogP contribution in [-0.4, -0.2) is 4.98 Å². The first-order chi connectivity index (χ1) is 8.48. The van der Waals surface area contributed by atoms with Crippen molar-refractivity contribution >= 4 is 0 Å². The van der Waals surface area contributed by atoms with Crippen LogP contribution in [0.4, 0.5) is 0 Å². The molecule has 1 aliphatic rings. The van der Waals surface area contributed by atoms with Crippen LogP contribution < -0.4 is 0 Å². The van der Waals surface area contributed by atoms with E-state index in [4.69, 9.17) is 0 Å². The number of rotatable bonds is 0. The first-order valence-electron chi connectivity index (χ1n) is 6.54. The molecule has 1 aromatic heterocycles. The minimum absolute atomic E-state index is 0.199. The molecule has 0 radical (unpaired) electrons. The van der Waals surface area contributed by atoms with Crippen LogP contribution in [0.2, 0.25) is 0 Å². The van der Waals surface area contributed by atoms with Crippen molar-refractivity contribution in [2.75, 3.05) is 0 Å². The molecule has 0 spiro atoms. The zero-order valence-corrected chi connectivity index (χ0v) is 11.5. The van der Waals surface area contributed by atoms with Crippen LogP contribution in [-0.2, 0) is 11.8 Å². The van der Waals surface area contributed by atoms with Crippen molar-refractivity contribution in [2.24, 2.45) is 0 Å². The van der Waals surface area contributed by atoms with E-state index in [1.54, 1.807) is 0 Å². The molecule has 0 fully saturated rings. The lowest BCUT2D eigenvalue weighted by molar-refractivity contribution is 0.581. The highest BCUT2D eigenvalue weighted by molar-refractivity contribution is 5.78. The van der Waals surface area contributed by atoms with E-state index in [1.165, 1.54) is 33.4 Å². The molecule has 0 aliphatic heterocycles. The van der Waals surface area contributed by atoms with Gasteiger partial charge in [0.15, 0.2) is 0 Å². The zero-order valence-electron chi connectivity index (χ0n) is 11.5. The van der Waals surface area contributed by atoms with Gasteiger partial charge in [-0.25, -0.2) is 0 Å². The molecule has 0 bridgehead atoms. The van der Waals surface area contributed by atoms with Gasteiger partial charge in [-0.05, 0) is 51.8 Å². The lowest BCUT2D eigenvalue weighted by Gasteiger charge is -2.25. The fourth-order valence-electron chi connectivity index (χ4n) is 3.27. The fraction of sp³-hybridized carbons (Fsp3) is 0.353. The smallest absolute Gasteiger partial charge is 0.0309 e. The third-order valence-electron chi connectivity index (χ3n) is 3.83. The van der Waals surface area contributed by atoms with E-state index in [2.05, 4.69) is 50.9 Å². The molecule has 92 valence electrons. The molecule has 0 saturated carbocycles. The van der Waals surface area contributed by atoms with Gasteiger partial charge in [0, 0.05) is 18.8 Å². The Balaban J connectivity index is 2.29. The molecular formula is C17H19N. The molecule has 0 atom stereocenters. The molecule has 1 nitrogen and oxygen atoms in total. The predicted molar refractivity (Wildman–Crippen MR) is 75.9 cm³/mol. The summed E-state index contributed by atoms with van der Waals surface area (Å²) in [7, 11) is 0. The first kappa shape index (κ1) is 11.5. The van der Waals surface area contributed by atoms with Crippen LogP contribution in [0.15, 0.2) is 30.6 Å². The van der Waals surface area contributed by atoms with Crippen LogP contribution in [0, 0.1) is 6.92 Å². The molecule has 18 heavy (non-hydrogen) atoms.